The van der Waals surface area contributed by atoms with Crippen molar-refractivity contribution in [1.29, 1.82) is 0 Å². The van der Waals surface area contributed by atoms with E-state index in [9.17, 15) is 9.18 Å². The average Bonchev–Trinajstić information content (AvgIpc) is 2.59. The van der Waals surface area contributed by atoms with Crippen molar-refractivity contribution in [2.75, 3.05) is 11.9 Å². The summed E-state index contributed by atoms with van der Waals surface area (Å²) in [4.78, 5) is 15.7. The summed E-state index contributed by atoms with van der Waals surface area (Å²) in [6.45, 7) is 1.67. The highest BCUT2D eigenvalue weighted by Crippen LogP contribution is 2.23. The number of nitrogens with one attached hydrogen (secondary N) is 2. The fraction of sp³-hybridized carbons (Fsp3) is 0.455. The molecule has 1 saturated heterocycles. The molecule has 2 N–H and O–H groups in total. The van der Waals surface area contributed by atoms with Gasteiger partial charge in [0.2, 0.25) is 5.91 Å². The quantitative estimate of drug-likeness (QED) is 0.794. The van der Waals surface area contributed by atoms with Crippen LogP contribution in [0.15, 0.2) is 18.2 Å². The fourth-order valence-corrected chi connectivity index (χ4v) is 1.95. The van der Waals surface area contributed by atoms with Crippen molar-refractivity contribution in [3.05, 3.63) is 23.4 Å². The highest BCUT2D eigenvalue weighted by atomic mass is 35.5. The number of amides is 1. The van der Waals surface area contributed by atoms with Crippen LogP contribution in [0, 0.1) is 0 Å². The lowest BCUT2D eigenvalue weighted by Gasteiger charge is -2.12. The van der Waals surface area contributed by atoms with E-state index in [2.05, 4.69) is 15.6 Å². The first kappa shape index (κ1) is 12.3. The second-order valence-electron chi connectivity index (χ2n) is 4.39. The first-order valence-corrected chi connectivity index (χ1v) is 5.70. The number of carbonyl (C=O) groups excluding carboxylic acids is 1. The summed E-state index contributed by atoms with van der Waals surface area (Å²) in [5.41, 5.74) is -1.33. The fourth-order valence-electron chi connectivity index (χ4n) is 1.78. The lowest BCUT2D eigenvalue weighted by molar-refractivity contribution is -0.118. The molecule has 17 heavy (non-hydrogen) atoms. The minimum absolute atomic E-state index is 0.166. The van der Waals surface area contributed by atoms with Crippen LogP contribution in [-0.2, 0) is 4.79 Å². The molecule has 6 heteroatoms. The van der Waals surface area contributed by atoms with Gasteiger partial charge in [0.05, 0.1) is 6.04 Å². The smallest absolute Gasteiger partial charge is 0.242 e. The van der Waals surface area contributed by atoms with Crippen LogP contribution in [0.2, 0.25) is 5.15 Å². The molecule has 0 aliphatic carbocycles. The van der Waals surface area contributed by atoms with Crippen molar-refractivity contribution in [3.63, 3.8) is 0 Å². The van der Waals surface area contributed by atoms with Gasteiger partial charge in [0.15, 0.2) is 0 Å². The predicted molar refractivity (Wildman–Crippen MR) is 63.8 cm³/mol. The monoisotopic (exact) mass is 257 g/mol. The number of carbonyl (C=O) groups is 1. The van der Waals surface area contributed by atoms with Gasteiger partial charge in [0.1, 0.15) is 16.6 Å². The average molecular weight is 258 g/mol. The van der Waals surface area contributed by atoms with Crippen molar-refractivity contribution in [3.8, 4) is 0 Å². The Morgan fingerprint density at radius 3 is 3.06 bits per heavy atom. The van der Waals surface area contributed by atoms with Gasteiger partial charge >= 0.3 is 0 Å². The molecule has 2 rings (SSSR count). The topological polar surface area (TPSA) is 54.0 Å². The van der Waals surface area contributed by atoms with Crippen LogP contribution in [0.1, 0.15) is 13.3 Å². The molecule has 1 aromatic rings. The van der Waals surface area contributed by atoms with Gasteiger partial charge in [-0.25, -0.2) is 9.37 Å². The summed E-state index contributed by atoms with van der Waals surface area (Å²) in [6.07, 6.45) is 0.166. The SMILES string of the molecule is C[C@]1(F)CN[C@H](C(=O)Nc2cccc(Cl)n2)C1. The van der Waals surface area contributed by atoms with Gasteiger partial charge in [0.25, 0.3) is 0 Å². The van der Waals surface area contributed by atoms with E-state index in [1.807, 2.05) is 0 Å². The van der Waals surface area contributed by atoms with E-state index >= 15 is 0 Å². The zero-order chi connectivity index (χ0) is 12.5. The van der Waals surface area contributed by atoms with E-state index in [4.69, 9.17) is 11.6 Å². The van der Waals surface area contributed by atoms with E-state index in [0.717, 1.165) is 0 Å². The number of hydrogen-bond donors (Lipinski definition) is 2. The van der Waals surface area contributed by atoms with Gasteiger partial charge in [-0.05, 0) is 19.1 Å². The molecule has 1 fully saturated rings. The molecule has 0 spiro atoms. The number of rotatable bonds is 2. The van der Waals surface area contributed by atoms with E-state index < -0.39 is 11.7 Å². The molecular formula is C11H13ClFN3O. The number of anilines is 1. The van der Waals surface area contributed by atoms with Crippen molar-refractivity contribution in [2.24, 2.45) is 0 Å². The molecule has 1 aliphatic rings. The largest absolute Gasteiger partial charge is 0.309 e. The van der Waals surface area contributed by atoms with Crippen molar-refractivity contribution < 1.29 is 9.18 Å². The van der Waals surface area contributed by atoms with Crippen LogP contribution < -0.4 is 10.6 Å². The molecule has 0 saturated carbocycles. The Morgan fingerprint density at radius 1 is 1.71 bits per heavy atom. The zero-order valence-electron chi connectivity index (χ0n) is 9.34. The van der Waals surface area contributed by atoms with E-state index in [-0.39, 0.29) is 18.9 Å². The third-order valence-electron chi connectivity index (χ3n) is 2.63. The van der Waals surface area contributed by atoms with Crippen molar-refractivity contribution >= 4 is 23.3 Å². The van der Waals surface area contributed by atoms with Crippen LogP contribution in [0.5, 0.6) is 0 Å². The number of aromatic nitrogens is 1. The Morgan fingerprint density at radius 2 is 2.47 bits per heavy atom. The molecule has 0 aromatic carbocycles. The Labute approximate surface area is 104 Å². The molecule has 1 aliphatic heterocycles. The number of pyridine rings is 1. The zero-order valence-corrected chi connectivity index (χ0v) is 10.1. The van der Waals surface area contributed by atoms with Gasteiger partial charge in [-0.15, -0.1) is 0 Å². The highest BCUT2D eigenvalue weighted by molar-refractivity contribution is 6.29. The maximum Gasteiger partial charge on any atom is 0.242 e. The molecule has 1 amide bonds. The number of alkyl halides is 1. The van der Waals surface area contributed by atoms with E-state index in [1.54, 1.807) is 18.2 Å². The summed E-state index contributed by atoms with van der Waals surface area (Å²) in [6, 6.07) is 4.41. The number of halogens is 2. The standard InChI is InChI=1S/C11H13ClFN3O/c1-11(13)5-7(14-6-11)10(17)16-9-4-2-3-8(12)15-9/h2-4,7,14H,5-6H2,1H3,(H,15,16,17)/t7-,11+/m0/s1. The predicted octanol–water partition coefficient (Wildman–Crippen LogP) is 1.76. The number of hydrogen-bond acceptors (Lipinski definition) is 3. The molecule has 4 nitrogen and oxygen atoms in total. The van der Waals surface area contributed by atoms with Gasteiger partial charge in [-0.2, -0.15) is 0 Å². The van der Waals surface area contributed by atoms with E-state index in [1.165, 1.54) is 6.92 Å². The van der Waals surface area contributed by atoms with Crippen molar-refractivity contribution in [1.82, 2.24) is 10.3 Å². The molecule has 2 heterocycles. The lowest BCUT2D eigenvalue weighted by atomic mass is 10.0. The molecule has 1 aromatic heterocycles. The maximum absolute atomic E-state index is 13.5. The van der Waals surface area contributed by atoms with Gasteiger partial charge < -0.3 is 10.6 Å². The van der Waals surface area contributed by atoms with Crippen molar-refractivity contribution in [2.45, 2.75) is 25.1 Å². The minimum atomic E-state index is -1.33. The normalized spacial score (nSPS) is 28.1. The molecule has 92 valence electrons. The summed E-state index contributed by atoms with van der Waals surface area (Å²) >= 11 is 5.70. The Kier molecular flexibility index (Phi) is 3.31. The van der Waals surface area contributed by atoms with Crippen LogP contribution in [0.25, 0.3) is 0 Å². The Bertz CT molecular complexity index is 438. The summed E-state index contributed by atoms with van der Waals surface area (Å²) in [5.74, 6) is 0.0814. The van der Waals surface area contributed by atoms with Gasteiger partial charge in [0, 0.05) is 13.0 Å². The molecule has 2 atom stereocenters. The van der Waals surface area contributed by atoms with Crippen LogP contribution >= 0.6 is 11.6 Å². The molecule has 0 radical (unpaired) electrons. The third-order valence-corrected chi connectivity index (χ3v) is 2.84. The minimum Gasteiger partial charge on any atom is -0.309 e. The van der Waals surface area contributed by atoms with Crippen LogP contribution in [0.4, 0.5) is 10.2 Å². The second kappa shape index (κ2) is 4.58. The first-order chi connectivity index (χ1) is 7.96. The van der Waals surface area contributed by atoms with Gasteiger partial charge in [-0.3, -0.25) is 4.79 Å². The Balaban J connectivity index is 1.98. The molecule has 0 bridgehead atoms. The highest BCUT2D eigenvalue weighted by Gasteiger charge is 2.38. The van der Waals surface area contributed by atoms with Crippen LogP contribution in [0.3, 0.4) is 0 Å². The number of nitrogens with zero attached hydrogens (tertiary/aromatic N) is 1. The summed E-state index contributed by atoms with van der Waals surface area (Å²) in [7, 11) is 0. The molecular weight excluding hydrogens is 245 g/mol. The molecule has 0 unspecified atom stereocenters. The summed E-state index contributed by atoms with van der Waals surface area (Å²) < 4.78 is 13.5. The van der Waals surface area contributed by atoms with E-state index in [0.29, 0.717) is 11.0 Å². The Hall–Kier alpha value is -1.20. The van der Waals surface area contributed by atoms with Gasteiger partial charge in [-0.1, -0.05) is 17.7 Å². The van der Waals surface area contributed by atoms with Crippen LogP contribution in [-0.4, -0.2) is 29.1 Å². The second-order valence-corrected chi connectivity index (χ2v) is 4.77. The maximum atomic E-state index is 13.5. The summed E-state index contributed by atoms with van der Waals surface area (Å²) in [5, 5.41) is 5.74. The first-order valence-electron chi connectivity index (χ1n) is 5.32. The lowest BCUT2D eigenvalue weighted by Crippen LogP contribution is -2.35. The third kappa shape index (κ3) is 3.14.